The van der Waals surface area contributed by atoms with E-state index in [-0.39, 0.29) is 23.7 Å². The van der Waals surface area contributed by atoms with Crippen molar-refractivity contribution in [1.82, 2.24) is 10.2 Å². The van der Waals surface area contributed by atoms with Crippen LogP contribution >= 0.6 is 0 Å². The lowest BCUT2D eigenvalue weighted by atomic mass is 9.93. The van der Waals surface area contributed by atoms with Crippen LogP contribution in [0.5, 0.6) is 0 Å². The Morgan fingerprint density at radius 2 is 2.00 bits per heavy atom. The van der Waals surface area contributed by atoms with Crippen molar-refractivity contribution in [2.45, 2.75) is 51.6 Å². The summed E-state index contributed by atoms with van der Waals surface area (Å²) in [7, 11) is 0. The Hall–Kier alpha value is -1.20. The van der Waals surface area contributed by atoms with Crippen LogP contribution in [0, 0.1) is 11.8 Å². The minimum atomic E-state index is -2.60. The highest BCUT2D eigenvalue weighted by molar-refractivity contribution is 5.97. The molecule has 6 heteroatoms. The highest BCUT2D eigenvalue weighted by atomic mass is 19.3. The Morgan fingerprint density at radius 3 is 2.47 bits per heavy atom. The molecule has 3 atom stereocenters. The van der Waals surface area contributed by atoms with E-state index in [0.29, 0.717) is 6.42 Å². The fourth-order valence-corrected chi connectivity index (χ4v) is 2.61. The van der Waals surface area contributed by atoms with E-state index in [0.717, 1.165) is 17.7 Å². The monoisotopic (exact) mass is 274 g/mol. The molecule has 0 aromatic rings. The van der Waals surface area contributed by atoms with E-state index < -0.39 is 25.1 Å². The molecule has 19 heavy (non-hydrogen) atoms. The predicted molar refractivity (Wildman–Crippen MR) is 65.6 cm³/mol. The van der Waals surface area contributed by atoms with Gasteiger partial charge in [0.15, 0.2) is 0 Å². The van der Waals surface area contributed by atoms with Gasteiger partial charge in [0, 0.05) is 0 Å². The summed E-state index contributed by atoms with van der Waals surface area (Å²) in [5.41, 5.74) is 0. The van der Waals surface area contributed by atoms with Crippen molar-refractivity contribution in [2.24, 2.45) is 11.8 Å². The first-order valence-electron chi connectivity index (χ1n) is 6.84. The van der Waals surface area contributed by atoms with Gasteiger partial charge in [0.25, 0.3) is 6.43 Å². The zero-order valence-electron chi connectivity index (χ0n) is 11.2. The van der Waals surface area contributed by atoms with E-state index in [9.17, 15) is 18.4 Å². The molecule has 1 aliphatic carbocycles. The number of hydrogen-bond donors (Lipinski definition) is 1. The van der Waals surface area contributed by atoms with Crippen LogP contribution < -0.4 is 5.32 Å². The second-order valence-electron chi connectivity index (χ2n) is 5.54. The van der Waals surface area contributed by atoms with Crippen molar-refractivity contribution in [2.75, 3.05) is 6.54 Å². The van der Waals surface area contributed by atoms with Crippen molar-refractivity contribution < 1.29 is 18.4 Å². The molecule has 1 heterocycles. The Morgan fingerprint density at radius 1 is 1.37 bits per heavy atom. The summed E-state index contributed by atoms with van der Waals surface area (Å²) >= 11 is 0. The fraction of sp³-hybridized carbons (Fsp3) is 0.846. The SMILES string of the molecule is CCC(C)C1NC(=O)C(C2CC2)N(CC(F)F)C1=O. The minimum absolute atomic E-state index is 0.0447. The third kappa shape index (κ3) is 2.87. The molecule has 0 aromatic heterocycles. The summed E-state index contributed by atoms with van der Waals surface area (Å²) in [6, 6.07) is -1.35. The highest BCUT2D eigenvalue weighted by Crippen LogP contribution is 2.37. The first kappa shape index (κ1) is 14.2. The minimum Gasteiger partial charge on any atom is -0.342 e. The van der Waals surface area contributed by atoms with Crippen LogP contribution in [0.4, 0.5) is 8.78 Å². The lowest BCUT2D eigenvalue weighted by Gasteiger charge is -2.40. The van der Waals surface area contributed by atoms with Crippen LogP contribution in [-0.4, -0.2) is 41.8 Å². The first-order chi connectivity index (χ1) is 8.95. The summed E-state index contributed by atoms with van der Waals surface area (Å²) in [5, 5.41) is 2.72. The zero-order valence-corrected chi connectivity index (χ0v) is 11.2. The van der Waals surface area contributed by atoms with Crippen LogP contribution in [0.25, 0.3) is 0 Å². The van der Waals surface area contributed by atoms with Crippen LogP contribution in [0.2, 0.25) is 0 Å². The number of nitrogens with one attached hydrogen (secondary N) is 1. The van der Waals surface area contributed by atoms with Crippen molar-refractivity contribution in [3.8, 4) is 0 Å². The summed E-state index contributed by atoms with van der Waals surface area (Å²) in [4.78, 5) is 25.5. The number of halogens is 2. The largest absolute Gasteiger partial charge is 0.342 e. The topological polar surface area (TPSA) is 49.4 Å². The summed E-state index contributed by atoms with van der Waals surface area (Å²) < 4.78 is 25.3. The molecule has 0 bridgehead atoms. The standard InChI is InChI=1S/C13H20F2N2O2/c1-3-7(2)10-13(19)17(6-9(14)15)11(8-4-5-8)12(18)16-10/h7-11H,3-6H2,1-2H3,(H,16,18). The number of piperazine rings is 1. The highest BCUT2D eigenvalue weighted by Gasteiger charge is 2.49. The molecule has 1 saturated carbocycles. The fourth-order valence-electron chi connectivity index (χ4n) is 2.61. The molecule has 4 nitrogen and oxygen atoms in total. The van der Waals surface area contributed by atoms with Crippen molar-refractivity contribution in [3.05, 3.63) is 0 Å². The number of amides is 2. The molecular formula is C13H20F2N2O2. The molecule has 2 fully saturated rings. The van der Waals surface area contributed by atoms with Gasteiger partial charge in [0.2, 0.25) is 11.8 Å². The molecule has 0 radical (unpaired) electrons. The Kier molecular flexibility index (Phi) is 4.06. The van der Waals surface area contributed by atoms with E-state index in [4.69, 9.17) is 0 Å². The normalized spacial score (nSPS) is 29.6. The van der Waals surface area contributed by atoms with E-state index in [1.165, 1.54) is 0 Å². The van der Waals surface area contributed by atoms with Crippen LogP contribution in [0.3, 0.4) is 0 Å². The molecule has 0 aromatic carbocycles. The van der Waals surface area contributed by atoms with Crippen LogP contribution in [0.1, 0.15) is 33.1 Å². The lowest BCUT2D eigenvalue weighted by molar-refractivity contribution is -0.153. The maximum absolute atomic E-state index is 12.7. The molecule has 1 aliphatic heterocycles. The van der Waals surface area contributed by atoms with Gasteiger partial charge < -0.3 is 10.2 Å². The number of alkyl halides is 2. The molecular weight excluding hydrogens is 254 g/mol. The number of carbonyl (C=O) groups excluding carboxylic acids is 2. The second-order valence-corrected chi connectivity index (χ2v) is 5.54. The molecule has 2 amide bonds. The van der Waals surface area contributed by atoms with E-state index in [2.05, 4.69) is 5.32 Å². The predicted octanol–water partition coefficient (Wildman–Crippen LogP) is 1.40. The van der Waals surface area contributed by atoms with E-state index in [1.807, 2.05) is 13.8 Å². The number of nitrogens with zero attached hydrogens (tertiary/aromatic N) is 1. The molecule has 0 spiro atoms. The molecule has 2 rings (SSSR count). The molecule has 1 saturated heterocycles. The van der Waals surface area contributed by atoms with Gasteiger partial charge in [0.1, 0.15) is 12.1 Å². The summed E-state index contributed by atoms with van der Waals surface area (Å²) in [5.74, 6) is -0.614. The summed E-state index contributed by atoms with van der Waals surface area (Å²) in [6.07, 6.45) is -0.223. The third-order valence-electron chi connectivity index (χ3n) is 4.07. The van der Waals surface area contributed by atoms with E-state index >= 15 is 0 Å². The number of carbonyl (C=O) groups is 2. The molecule has 3 unspecified atom stereocenters. The molecule has 1 N–H and O–H groups in total. The summed E-state index contributed by atoms with van der Waals surface area (Å²) in [6.45, 7) is 3.12. The lowest BCUT2D eigenvalue weighted by Crippen LogP contribution is -2.66. The van der Waals surface area contributed by atoms with Crippen molar-refractivity contribution >= 4 is 11.8 Å². The van der Waals surface area contributed by atoms with Gasteiger partial charge in [-0.1, -0.05) is 20.3 Å². The smallest absolute Gasteiger partial charge is 0.255 e. The number of hydrogen-bond acceptors (Lipinski definition) is 2. The van der Waals surface area contributed by atoms with Gasteiger partial charge >= 0.3 is 0 Å². The molecule has 108 valence electrons. The van der Waals surface area contributed by atoms with E-state index in [1.54, 1.807) is 0 Å². The van der Waals surface area contributed by atoms with Crippen molar-refractivity contribution in [1.29, 1.82) is 0 Å². The maximum Gasteiger partial charge on any atom is 0.255 e. The third-order valence-corrected chi connectivity index (χ3v) is 4.07. The number of rotatable bonds is 5. The Labute approximate surface area is 111 Å². The van der Waals surface area contributed by atoms with Gasteiger partial charge in [-0.05, 0) is 24.7 Å². The average Bonchev–Trinajstić information content (AvgIpc) is 3.16. The van der Waals surface area contributed by atoms with Gasteiger partial charge in [-0.3, -0.25) is 9.59 Å². The van der Waals surface area contributed by atoms with Crippen molar-refractivity contribution in [3.63, 3.8) is 0 Å². The zero-order chi connectivity index (χ0) is 14.2. The second kappa shape index (κ2) is 5.43. The first-order valence-corrected chi connectivity index (χ1v) is 6.84. The van der Waals surface area contributed by atoms with Gasteiger partial charge in [0.05, 0.1) is 6.54 Å². The molecule has 2 aliphatic rings. The quantitative estimate of drug-likeness (QED) is 0.824. The van der Waals surface area contributed by atoms with Gasteiger partial charge in [-0.2, -0.15) is 0 Å². The maximum atomic E-state index is 12.7. The average molecular weight is 274 g/mol. The van der Waals surface area contributed by atoms with Crippen LogP contribution in [-0.2, 0) is 9.59 Å². The Bertz CT molecular complexity index is 372. The van der Waals surface area contributed by atoms with Crippen LogP contribution in [0.15, 0.2) is 0 Å². The van der Waals surface area contributed by atoms with Gasteiger partial charge in [-0.25, -0.2) is 8.78 Å². The Balaban J connectivity index is 2.20. The van der Waals surface area contributed by atoms with Gasteiger partial charge in [-0.15, -0.1) is 0 Å².